The molecular formula is C18H20ClFN2O2. The number of rotatable bonds is 7. The Bertz CT molecular complexity index is 709. The van der Waals surface area contributed by atoms with Crippen molar-refractivity contribution in [2.45, 2.75) is 6.92 Å². The minimum absolute atomic E-state index is 0.189. The topological polar surface area (TPSA) is 41.6 Å². The van der Waals surface area contributed by atoms with Crippen molar-refractivity contribution in [2.75, 3.05) is 32.1 Å². The molecule has 0 spiro atoms. The fourth-order valence-electron chi connectivity index (χ4n) is 2.12. The van der Waals surface area contributed by atoms with E-state index in [0.717, 1.165) is 5.56 Å². The van der Waals surface area contributed by atoms with E-state index >= 15 is 0 Å². The van der Waals surface area contributed by atoms with Gasteiger partial charge >= 0.3 is 0 Å². The molecule has 0 atom stereocenters. The largest absolute Gasteiger partial charge is 0.492 e. The van der Waals surface area contributed by atoms with E-state index in [1.165, 1.54) is 12.1 Å². The summed E-state index contributed by atoms with van der Waals surface area (Å²) in [7, 11) is 1.82. The molecule has 0 radical (unpaired) electrons. The summed E-state index contributed by atoms with van der Waals surface area (Å²) < 4.78 is 18.8. The number of benzene rings is 2. The molecule has 24 heavy (non-hydrogen) atoms. The molecule has 2 rings (SSSR count). The van der Waals surface area contributed by atoms with Crippen LogP contribution in [0.2, 0.25) is 5.02 Å². The van der Waals surface area contributed by atoms with Crippen LogP contribution in [0.4, 0.5) is 10.1 Å². The van der Waals surface area contributed by atoms with E-state index in [9.17, 15) is 9.18 Å². The minimum Gasteiger partial charge on any atom is -0.492 e. The van der Waals surface area contributed by atoms with E-state index in [1.807, 2.05) is 31.0 Å². The van der Waals surface area contributed by atoms with Gasteiger partial charge in [-0.25, -0.2) is 4.39 Å². The van der Waals surface area contributed by atoms with Crippen molar-refractivity contribution >= 4 is 23.2 Å². The first-order valence-corrected chi connectivity index (χ1v) is 7.95. The van der Waals surface area contributed by atoms with Gasteiger partial charge in [-0.2, -0.15) is 0 Å². The summed E-state index contributed by atoms with van der Waals surface area (Å²) in [5.41, 5.74) is 1.31. The first-order valence-electron chi connectivity index (χ1n) is 7.57. The van der Waals surface area contributed by atoms with Crippen molar-refractivity contribution in [3.8, 4) is 5.75 Å². The van der Waals surface area contributed by atoms with E-state index in [0.29, 0.717) is 29.6 Å². The van der Waals surface area contributed by atoms with Crippen molar-refractivity contribution in [1.29, 1.82) is 0 Å². The quantitative estimate of drug-likeness (QED) is 0.827. The Balaban J connectivity index is 1.76. The van der Waals surface area contributed by atoms with E-state index in [1.54, 1.807) is 18.2 Å². The Morgan fingerprint density at radius 2 is 2.08 bits per heavy atom. The first kappa shape index (κ1) is 18.2. The smallest absolute Gasteiger partial charge is 0.238 e. The van der Waals surface area contributed by atoms with Gasteiger partial charge in [0.1, 0.15) is 18.2 Å². The molecule has 0 saturated carbocycles. The number of ether oxygens (including phenoxy) is 1. The van der Waals surface area contributed by atoms with Crippen molar-refractivity contribution in [3.05, 3.63) is 58.9 Å². The van der Waals surface area contributed by atoms with Crippen LogP contribution in [0.3, 0.4) is 0 Å². The first-order chi connectivity index (χ1) is 11.4. The second kappa shape index (κ2) is 8.66. The third kappa shape index (κ3) is 5.83. The van der Waals surface area contributed by atoms with E-state index < -0.39 is 0 Å². The fourth-order valence-corrected chi connectivity index (χ4v) is 2.30. The van der Waals surface area contributed by atoms with E-state index in [2.05, 4.69) is 5.32 Å². The zero-order valence-electron chi connectivity index (χ0n) is 13.7. The number of likely N-dealkylation sites (N-methyl/N-ethyl adjacent to an activating group) is 1. The van der Waals surface area contributed by atoms with Crippen LogP contribution in [-0.4, -0.2) is 37.6 Å². The zero-order valence-corrected chi connectivity index (χ0v) is 14.4. The third-order valence-electron chi connectivity index (χ3n) is 3.43. The summed E-state index contributed by atoms with van der Waals surface area (Å²) in [6.07, 6.45) is 0. The second-order valence-corrected chi connectivity index (χ2v) is 5.99. The standard InChI is InChI=1S/C18H20ClFN2O2/c1-13-6-7-15(20)11-17(13)21-18(23)12-22(2)8-9-24-16-5-3-4-14(19)10-16/h3-7,10-11H,8-9,12H2,1-2H3,(H,21,23). The van der Waals surface area contributed by atoms with Gasteiger partial charge in [-0.3, -0.25) is 9.69 Å². The number of carbonyl (C=O) groups is 1. The number of nitrogens with zero attached hydrogens (tertiary/aromatic N) is 1. The van der Waals surface area contributed by atoms with Gasteiger partial charge < -0.3 is 10.1 Å². The predicted octanol–water partition coefficient (Wildman–Crippen LogP) is 3.74. The highest BCUT2D eigenvalue weighted by Crippen LogP contribution is 2.17. The molecule has 0 aromatic heterocycles. The van der Waals surface area contributed by atoms with Crippen LogP contribution in [0.15, 0.2) is 42.5 Å². The second-order valence-electron chi connectivity index (χ2n) is 5.55. The molecule has 1 N–H and O–H groups in total. The average molecular weight is 351 g/mol. The summed E-state index contributed by atoms with van der Waals surface area (Å²) >= 11 is 5.89. The molecule has 0 fully saturated rings. The summed E-state index contributed by atoms with van der Waals surface area (Å²) in [6, 6.07) is 11.5. The van der Waals surface area contributed by atoms with Gasteiger partial charge in [-0.1, -0.05) is 23.7 Å². The van der Waals surface area contributed by atoms with Gasteiger partial charge in [0.25, 0.3) is 0 Å². The maximum atomic E-state index is 13.2. The van der Waals surface area contributed by atoms with Gasteiger partial charge in [0, 0.05) is 17.3 Å². The van der Waals surface area contributed by atoms with Gasteiger partial charge in [-0.15, -0.1) is 0 Å². The van der Waals surface area contributed by atoms with Crippen LogP contribution in [0.1, 0.15) is 5.56 Å². The maximum Gasteiger partial charge on any atom is 0.238 e. The zero-order chi connectivity index (χ0) is 17.5. The molecular weight excluding hydrogens is 331 g/mol. The molecule has 0 unspecified atom stereocenters. The van der Waals surface area contributed by atoms with Crippen LogP contribution in [0.5, 0.6) is 5.75 Å². The van der Waals surface area contributed by atoms with E-state index in [4.69, 9.17) is 16.3 Å². The van der Waals surface area contributed by atoms with Crippen LogP contribution >= 0.6 is 11.6 Å². The number of hydrogen-bond acceptors (Lipinski definition) is 3. The highest BCUT2D eigenvalue weighted by atomic mass is 35.5. The predicted molar refractivity (Wildman–Crippen MR) is 94.2 cm³/mol. The minimum atomic E-state index is -0.376. The molecule has 0 saturated heterocycles. The van der Waals surface area contributed by atoms with Crippen LogP contribution < -0.4 is 10.1 Å². The monoisotopic (exact) mass is 350 g/mol. The molecule has 128 valence electrons. The molecule has 0 heterocycles. The van der Waals surface area contributed by atoms with Crippen LogP contribution in [-0.2, 0) is 4.79 Å². The molecule has 0 aliphatic rings. The highest BCUT2D eigenvalue weighted by molar-refractivity contribution is 6.30. The molecule has 6 heteroatoms. The molecule has 2 aromatic carbocycles. The van der Waals surface area contributed by atoms with E-state index in [-0.39, 0.29) is 18.3 Å². The Kier molecular flexibility index (Phi) is 6.58. The number of amides is 1. The fraction of sp³-hybridized carbons (Fsp3) is 0.278. The lowest BCUT2D eigenvalue weighted by molar-refractivity contribution is -0.117. The number of hydrogen-bond donors (Lipinski definition) is 1. The highest BCUT2D eigenvalue weighted by Gasteiger charge is 2.09. The lowest BCUT2D eigenvalue weighted by atomic mass is 10.2. The van der Waals surface area contributed by atoms with Crippen molar-refractivity contribution in [3.63, 3.8) is 0 Å². The lowest BCUT2D eigenvalue weighted by Gasteiger charge is -2.17. The number of aryl methyl sites for hydroxylation is 1. The van der Waals surface area contributed by atoms with Gasteiger partial charge in [0.15, 0.2) is 0 Å². The Hall–Kier alpha value is -2.11. The molecule has 1 amide bonds. The van der Waals surface area contributed by atoms with Gasteiger partial charge in [0.2, 0.25) is 5.91 Å². The number of anilines is 1. The summed E-state index contributed by atoms with van der Waals surface area (Å²) in [5, 5.41) is 3.34. The number of halogens is 2. The summed E-state index contributed by atoms with van der Waals surface area (Å²) in [6.45, 7) is 3.01. The molecule has 4 nitrogen and oxygen atoms in total. The Labute approximate surface area is 146 Å². The van der Waals surface area contributed by atoms with Crippen molar-refractivity contribution in [2.24, 2.45) is 0 Å². The molecule has 2 aromatic rings. The van der Waals surface area contributed by atoms with Crippen LogP contribution in [0.25, 0.3) is 0 Å². The SMILES string of the molecule is Cc1ccc(F)cc1NC(=O)CN(C)CCOc1cccc(Cl)c1. The summed E-state index contributed by atoms with van der Waals surface area (Å²) in [5.74, 6) is 0.115. The number of carbonyl (C=O) groups excluding carboxylic acids is 1. The third-order valence-corrected chi connectivity index (χ3v) is 3.66. The normalized spacial score (nSPS) is 10.7. The lowest BCUT2D eigenvalue weighted by Crippen LogP contribution is -2.33. The molecule has 0 aliphatic heterocycles. The van der Waals surface area contributed by atoms with Gasteiger partial charge in [0.05, 0.1) is 6.54 Å². The maximum absolute atomic E-state index is 13.2. The Morgan fingerprint density at radius 1 is 1.29 bits per heavy atom. The Morgan fingerprint density at radius 3 is 2.83 bits per heavy atom. The van der Waals surface area contributed by atoms with Crippen molar-refractivity contribution < 1.29 is 13.9 Å². The van der Waals surface area contributed by atoms with Crippen LogP contribution in [0, 0.1) is 12.7 Å². The molecule has 0 aliphatic carbocycles. The van der Waals surface area contributed by atoms with Gasteiger partial charge in [-0.05, 0) is 49.9 Å². The number of nitrogens with one attached hydrogen (secondary N) is 1. The summed E-state index contributed by atoms with van der Waals surface area (Å²) in [4.78, 5) is 13.9. The molecule has 0 bridgehead atoms. The van der Waals surface area contributed by atoms with Crippen molar-refractivity contribution in [1.82, 2.24) is 4.90 Å². The average Bonchev–Trinajstić information content (AvgIpc) is 2.51.